The van der Waals surface area contributed by atoms with E-state index in [-0.39, 0.29) is 5.54 Å². The van der Waals surface area contributed by atoms with Crippen molar-refractivity contribution < 1.29 is 4.74 Å². The molecule has 0 fully saturated rings. The summed E-state index contributed by atoms with van der Waals surface area (Å²) < 4.78 is 6.85. The number of hydrogen-bond donors (Lipinski definition) is 1. The van der Waals surface area contributed by atoms with Crippen LogP contribution in [0.2, 0.25) is 0 Å². The van der Waals surface area contributed by atoms with Crippen molar-refractivity contribution in [2.24, 2.45) is 5.92 Å². The van der Waals surface area contributed by atoms with Crippen molar-refractivity contribution in [2.45, 2.75) is 46.1 Å². The normalized spacial score (nSPS) is 13.3. The predicted molar refractivity (Wildman–Crippen MR) is 85.8 cm³/mol. The lowest BCUT2D eigenvalue weighted by molar-refractivity contribution is 0.261. The van der Waals surface area contributed by atoms with Crippen LogP contribution >= 0.6 is 15.9 Å². The van der Waals surface area contributed by atoms with Gasteiger partial charge in [0.25, 0.3) is 0 Å². The molecule has 1 aromatic carbocycles. The number of halogens is 1. The first-order valence-electron chi connectivity index (χ1n) is 7.04. The van der Waals surface area contributed by atoms with Crippen LogP contribution in [0.1, 0.15) is 40.5 Å². The Kier molecular flexibility index (Phi) is 6.87. The number of benzene rings is 1. The SMILES string of the molecule is CCC(CCOc1cccc(Br)c1)CNC(C)(C)C. The van der Waals surface area contributed by atoms with Crippen molar-refractivity contribution in [1.82, 2.24) is 5.32 Å². The summed E-state index contributed by atoms with van der Waals surface area (Å²) in [6, 6.07) is 8.01. The van der Waals surface area contributed by atoms with Crippen LogP contribution in [0.3, 0.4) is 0 Å². The van der Waals surface area contributed by atoms with Gasteiger partial charge in [-0.2, -0.15) is 0 Å². The topological polar surface area (TPSA) is 21.3 Å². The van der Waals surface area contributed by atoms with Crippen LogP contribution in [0.5, 0.6) is 5.75 Å². The van der Waals surface area contributed by atoms with Gasteiger partial charge in [0.15, 0.2) is 0 Å². The molecule has 1 atom stereocenters. The Labute approximate surface area is 126 Å². The van der Waals surface area contributed by atoms with Crippen molar-refractivity contribution in [1.29, 1.82) is 0 Å². The third-order valence-electron chi connectivity index (χ3n) is 3.09. The van der Waals surface area contributed by atoms with Gasteiger partial charge in [0.05, 0.1) is 6.61 Å². The number of ether oxygens (including phenoxy) is 1. The maximum Gasteiger partial charge on any atom is 0.120 e. The van der Waals surface area contributed by atoms with E-state index in [4.69, 9.17) is 4.74 Å². The molecule has 0 aromatic heterocycles. The number of nitrogens with one attached hydrogen (secondary N) is 1. The third-order valence-corrected chi connectivity index (χ3v) is 3.58. The fourth-order valence-corrected chi connectivity index (χ4v) is 2.18. The van der Waals surface area contributed by atoms with E-state index in [0.29, 0.717) is 5.92 Å². The highest BCUT2D eigenvalue weighted by atomic mass is 79.9. The molecule has 1 N–H and O–H groups in total. The van der Waals surface area contributed by atoms with Gasteiger partial charge in [0.1, 0.15) is 5.75 Å². The van der Waals surface area contributed by atoms with Crippen molar-refractivity contribution in [2.75, 3.05) is 13.2 Å². The molecule has 1 rings (SSSR count). The Morgan fingerprint density at radius 2 is 2.05 bits per heavy atom. The summed E-state index contributed by atoms with van der Waals surface area (Å²) in [6.45, 7) is 10.7. The first-order valence-corrected chi connectivity index (χ1v) is 7.83. The maximum absolute atomic E-state index is 5.79. The molecule has 3 heteroatoms. The van der Waals surface area contributed by atoms with Crippen LogP contribution in [0.4, 0.5) is 0 Å². The van der Waals surface area contributed by atoms with E-state index in [2.05, 4.69) is 48.9 Å². The summed E-state index contributed by atoms with van der Waals surface area (Å²) in [5, 5.41) is 3.57. The number of rotatable bonds is 7. The van der Waals surface area contributed by atoms with Crippen LogP contribution in [0, 0.1) is 5.92 Å². The second-order valence-corrected chi connectivity index (χ2v) is 6.92. The van der Waals surface area contributed by atoms with Crippen LogP contribution < -0.4 is 10.1 Å². The lowest BCUT2D eigenvalue weighted by Gasteiger charge is -2.24. The molecule has 0 amide bonds. The predicted octanol–water partition coefficient (Wildman–Crippen LogP) is 4.63. The van der Waals surface area contributed by atoms with Gasteiger partial charge in [-0.1, -0.05) is 35.3 Å². The van der Waals surface area contributed by atoms with E-state index >= 15 is 0 Å². The molecule has 0 heterocycles. The summed E-state index contributed by atoms with van der Waals surface area (Å²) >= 11 is 3.45. The Morgan fingerprint density at radius 1 is 1.32 bits per heavy atom. The summed E-state index contributed by atoms with van der Waals surface area (Å²) in [7, 11) is 0. The molecule has 19 heavy (non-hydrogen) atoms. The minimum Gasteiger partial charge on any atom is -0.494 e. The van der Waals surface area contributed by atoms with E-state index in [1.165, 1.54) is 6.42 Å². The Morgan fingerprint density at radius 3 is 2.63 bits per heavy atom. The highest BCUT2D eigenvalue weighted by molar-refractivity contribution is 9.10. The first-order chi connectivity index (χ1) is 8.90. The monoisotopic (exact) mass is 327 g/mol. The van der Waals surface area contributed by atoms with Gasteiger partial charge in [0.2, 0.25) is 0 Å². The van der Waals surface area contributed by atoms with Crippen molar-refractivity contribution in [3.8, 4) is 5.75 Å². The second kappa shape index (κ2) is 7.91. The molecule has 0 saturated heterocycles. The summed E-state index contributed by atoms with van der Waals surface area (Å²) in [5.41, 5.74) is 0.193. The Bertz CT molecular complexity index is 373. The van der Waals surface area contributed by atoms with Gasteiger partial charge < -0.3 is 10.1 Å². The lowest BCUT2D eigenvalue weighted by atomic mass is 10.0. The van der Waals surface area contributed by atoms with E-state index in [1.807, 2.05) is 24.3 Å². The average Bonchev–Trinajstić information content (AvgIpc) is 2.32. The highest BCUT2D eigenvalue weighted by Crippen LogP contribution is 2.18. The van der Waals surface area contributed by atoms with Gasteiger partial charge in [0, 0.05) is 10.0 Å². The van der Waals surface area contributed by atoms with Crippen LogP contribution in [-0.2, 0) is 0 Å². The van der Waals surface area contributed by atoms with Crippen molar-refractivity contribution in [3.05, 3.63) is 28.7 Å². The molecule has 0 radical (unpaired) electrons. The Hall–Kier alpha value is -0.540. The fourth-order valence-electron chi connectivity index (χ4n) is 1.80. The second-order valence-electron chi connectivity index (χ2n) is 6.00. The van der Waals surface area contributed by atoms with Crippen molar-refractivity contribution >= 4 is 15.9 Å². The molecule has 0 aliphatic carbocycles. The molecule has 2 nitrogen and oxygen atoms in total. The summed E-state index contributed by atoms with van der Waals surface area (Å²) in [5.74, 6) is 1.61. The molecule has 0 aliphatic heterocycles. The van der Waals surface area contributed by atoms with Gasteiger partial charge in [-0.15, -0.1) is 0 Å². The van der Waals surface area contributed by atoms with E-state index in [0.717, 1.165) is 29.8 Å². The third kappa shape index (κ3) is 7.58. The molecule has 0 bridgehead atoms. The molecule has 1 unspecified atom stereocenters. The quantitative estimate of drug-likeness (QED) is 0.788. The smallest absolute Gasteiger partial charge is 0.120 e. The van der Waals surface area contributed by atoms with E-state index in [1.54, 1.807) is 0 Å². The zero-order chi connectivity index (χ0) is 14.3. The van der Waals surface area contributed by atoms with Crippen LogP contribution in [0.25, 0.3) is 0 Å². The average molecular weight is 328 g/mol. The maximum atomic E-state index is 5.79. The molecule has 0 saturated carbocycles. The first kappa shape index (κ1) is 16.5. The van der Waals surface area contributed by atoms with Crippen molar-refractivity contribution in [3.63, 3.8) is 0 Å². The van der Waals surface area contributed by atoms with Crippen LogP contribution in [-0.4, -0.2) is 18.7 Å². The number of hydrogen-bond acceptors (Lipinski definition) is 2. The van der Waals surface area contributed by atoms with E-state index in [9.17, 15) is 0 Å². The Balaban J connectivity index is 2.30. The minimum absolute atomic E-state index is 0.193. The largest absolute Gasteiger partial charge is 0.494 e. The molecule has 1 aromatic rings. The molecule has 108 valence electrons. The van der Waals surface area contributed by atoms with Crippen LogP contribution in [0.15, 0.2) is 28.7 Å². The fraction of sp³-hybridized carbons (Fsp3) is 0.625. The summed E-state index contributed by atoms with van der Waals surface area (Å²) in [4.78, 5) is 0. The van der Waals surface area contributed by atoms with E-state index < -0.39 is 0 Å². The molecular weight excluding hydrogens is 302 g/mol. The van der Waals surface area contributed by atoms with Gasteiger partial charge in [-0.05, 0) is 57.9 Å². The molecule has 0 aliphatic rings. The lowest BCUT2D eigenvalue weighted by Crippen LogP contribution is -2.39. The summed E-state index contributed by atoms with van der Waals surface area (Å²) in [6.07, 6.45) is 2.27. The molecule has 0 spiro atoms. The molecular formula is C16H26BrNO. The standard InChI is InChI=1S/C16H26BrNO/c1-5-13(12-18-16(2,3)4)9-10-19-15-8-6-7-14(17)11-15/h6-8,11,13,18H,5,9-10,12H2,1-4H3. The van der Waals surface area contributed by atoms with Gasteiger partial charge in [-0.3, -0.25) is 0 Å². The van der Waals surface area contributed by atoms with Gasteiger partial charge >= 0.3 is 0 Å². The zero-order valence-corrected chi connectivity index (χ0v) is 14.1. The minimum atomic E-state index is 0.193. The highest BCUT2D eigenvalue weighted by Gasteiger charge is 2.13. The zero-order valence-electron chi connectivity index (χ0n) is 12.5. The van der Waals surface area contributed by atoms with Gasteiger partial charge in [-0.25, -0.2) is 0 Å².